The average molecular weight is 383 g/mol. The minimum Gasteiger partial charge on any atom is -0.340 e. The highest BCUT2D eigenvalue weighted by Gasteiger charge is 2.21. The van der Waals surface area contributed by atoms with E-state index in [-0.39, 0.29) is 23.2 Å². The van der Waals surface area contributed by atoms with Crippen LogP contribution < -0.4 is 10.9 Å². The Hall–Kier alpha value is -3.73. The minimum absolute atomic E-state index is 0.192. The number of aromatic nitrogens is 2. The summed E-state index contributed by atoms with van der Waals surface area (Å²) < 4.78 is 1.33. The van der Waals surface area contributed by atoms with Crippen molar-refractivity contribution >= 4 is 16.7 Å². The number of nitrogens with zero attached hydrogens (tertiary/aromatic N) is 2. The van der Waals surface area contributed by atoms with E-state index in [0.29, 0.717) is 17.3 Å². The number of fused-ring (bicyclic) bond motifs is 1. The molecule has 0 aliphatic carbocycles. The number of aryl methyl sites for hydroxylation is 1. The summed E-state index contributed by atoms with van der Waals surface area (Å²) in [5, 5.41) is 8.51. The molecule has 0 saturated carbocycles. The first-order valence-electron chi connectivity index (χ1n) is 9.59. The molecule has 0 fully saturated rings. The van der Waals surface area contributed by atoms with E-state index >= 15 is 0 Å². The summed E-state index contributed by atoms with van der Waals surface area (Å²) in [5.74, 6) is -0.318. The molecule has 5 nitrogen and oxygen atoms in total. The van der Waals surface area contributed by atoms with E-state index in [1.165, 1.54) is 4.68 Å². The van der Waals surface area contributed by atoms with Gasteiger partial charge in [-0.05, 0) is 24.1 Å². The van der Waals surface area contributed by atoms with E-state index in [1.807, 2.05) is 73.7 Å². The quantitative estimate of drug-likeness (QED) is 0.568. The number of nitrogens with one attached hydrogen (secondary N) is 1. The third-order valence-corrected chi connectivity index (χ3v) is 4.92. The van der Waals surface area contributed by atoms with Gasteiger partial charge in [0.1, 0.15) is 0 Å². The molecule has 0 unspecified atom stereocenters. The van der Waals surface area contributed by atoms with Crippen LogP contribution in [0.1, 0.15) is 34.6 Å². The van der Waals surface area contributed by atoms with Crippen molar-refractivity contribution in [3.8, 4) is 0 Å². The Bertz CT molecular complexity index is 1160. The topological polar surface area (TPSA) is 64.0 Å². The normalized spacial score (nSPS) is 11.0. The molecule has 0 saturated heterocycles. The first-order valence-corrected chi connectivity index (χ1v) is 9.59. The minimum atomic E-state index is -0.326. The van der Waals surface area contributed by atoms with Gasteiger partial charge >= 0.3 is 0 Å². The summed E-state index contributed by atoms with van der Waals surface area (Å²) in [6.07, 6.45) is 0. The van der Waals surface area contributed by atoms with Crippen molar-refractivity contribution in [2.24, 2.45) is 0 Å². The van der Waals surface area contributed by atoms with Crippen molar-refractivity contribution in [1.82, 2.24) is 15.1 Å². The second-order valence-electron chi connectivity index (χ2n) is 6.74. The molecule has 4 rings (SSSR count). The summed E-state index contributed by atoms with van der Waals surface area (Å²) in [6, 6.07) is 26.4. The molecular weight excluding hydrogens is 362 g/mol. The Balaban J connectivity index is 1.80. The fourth-order valence-corrected chi connectivity index (χ4v) is 3.47. The lowest BCUT2D eigenvalue weighted by Gasteiger charge is -2.20. The van der Waals surface area contributed by atoms with Crippen LogP contribution in [0, 0.1) is 0 Å². The van der Waals surface area contributed by atoms with Crippen LogP contribution in [0.2, 0.25) is 0 Å². The van der Waals surface area contributed by atoms with Gasteiger partial charge in [-0.25, -0.2) is 4.68 Å². The van der Waals surface area contributed by atoms with Gasteiger partial charge in [-0.1, -0.05) is 78.9 Å². The van der Waals surface area contributed by atoms with Crippen molar-refractivity contribution in [2.45, 2.75) is 19.5 Å². The monoisotopic (exact) mass is 383 g/mol. The molecule has 0 spiro atoms. The number of carbonyl (C=O) groups is 1. The maximum atomic E-state index is 13.3. The van der Waals surface area contributed by atoms with Gasteiger partial charge < -0.3 is 5.32 Å². The van der Waals surface area contributed by atoms with Gasteiger partial charge in [0.15, 0.2) is 5.69 Å². The zero-order valence-electron chi connectivity index (χ0n) is 16.1. The number of benzene rings is 3. The van der Waals surface area contributed by atoms with Gasteiger partial charge in [0, 0.05) is 11.9 Å². The summed E-state index contributed by atoms with van der Waals surface area (Å²) in [6.45, 7) is 2.23. The van der Waals surface area contributed by atoms with Crippen LogP contribution in [0.15, 0.2) is 89.7 Å². The molecular formula is C24H21N3O2. The standard InChI is InChI=1S/C24H21N3O2/c1-2-27-24(29)20-16-10-9-15-19(20)22(26-27)23(28)25-21(17-11-5-3-6-12-17)18-13-7-4-8-14-18/h3-16,21H,2H2,1H3,(H,25,28). The number of rotatable bonds is 5. The molecule has 144 valence electrons. The number of amides is 1. The molecule has 0 aliphatic heterocycles. The SMILES string of the molecule is CCn1nc(C(=O)NC(c2ccccc2)c2ccccc2)c2ccccc2c1=O. The Morgan fingerprint density at radius 2 is 1.38 bits per heavy atom. The lowest BCUT2D eigenvalue weighted by atomic mass is 9.98. The molecule has 1 amide bonds. The number of carbonyl (C=O) groups excluding carboxylic acids is 1. The van der Waals surface area contributed by atoms with Gasteiger partial charge in [-0.2, -0.15) is 5.10 Å². The van der Waals surface area contributed by atoms with Crippen LogP contribution in [-0.2, 0) is 6.54 Å². The van der Waals surface area contributed by atoms with Crippen LogP contribution in [-0.4, -0.2) is 15.7 Å². The summed E-state index contributed by atoms with van der Waals surface area (Å²) in [5.41, 5.74) is 2.00. The Morgan fingerprint density at radius 3 is 1.93 bits per heavy atom. The lowest BCUT2D eigenvalue weighted by molar-refractivity contribution is 0.0937. The molecule has 4 aromatic rings. The average Bonchev–Trinajstić information content (AvgIpc) is 2.79. The molecule has 1 aromatic heterocycles. The van der Waals surface area contributed by atoms with E-state index in [2.05, 4.69) is 10.4 Å². The second-order valence-corrected chi connectivity index (χ2v) is 6.74. The third-order valence-electron chi connectivity index (χ3n) is 4.92. The van der Waals surface area contributed by atoms with E-state index in [0.717, 1.165) is 11.1 Å². The van der Waals surface area contributed by atoms with Crippen LogP contribution >= 0.6 is 0 Å². The molecule has 0 aliphatic rings. The van der Waals surface area contributed by atoms with Gasteiger partial charge in [0.25, 0.3) is 11.5 Å². The van der Waals surface area contributed by atoms with Crippen molar-refractivity contribution in [3.63, 3.8) is 0 Å². The number of hydrogen-bond acceptors (Lipinski definition) is 3. The van der Waals surface area contributed by atoms with Gasteiger partial charge in [-0.3, -0.25) is 9.59 Å². The first kappa shape index (κ1) is 18.6. The van der Waals surface area contributed by atoms with E-state index < -0.39 is 0 Å². The van der Waals surface area contributed by atoms with Crippen LogP contribution in [0.5, 0.6) is 0 Å². The highest BCUT2D eigenvalue weighted by Crippen LogP contribution is 2.23. The van der Waals surface area contributed by atoms with E-state index in [9.17, 15) is 9.59 Å². The van der Waals surface area contributed by atoms with Gasteiger partial charge in [-0.15, -0.1) is 0 Å². The van der Waals surface area contributed by atoms with Crippen molar-refractivity contribution in [1.29, 1.82) is 0 Å². The Kier molecular flexibility index (Phi) is 5.20. The summed E-state index contributed by atoms with van der Waals surface area (Å²) in [7, 11) is 0. The Morgan fingerprint density at radius 1 is 0.862 bits per heavy atom. The summed E-state index contributed by atoms with van der Waals surface area (Å²) in [4.78, 5) is 25.9. The molecule has 1 N–H and O–H groups in total. The molecule has 29 heavy (non-hydrogen) atoms. The first-order chi connectivity index (χ1) is 14.2. The van der Waals surface area contributed by atoms with Crippen LogP contribution in [0.25, 0.3) is 10.8 Å². The largest absolute Gasteiger partial charge is 0.340 e. The fraction of sp³-hybridized carbons (Fsp3) is 0.125. The van der Waals surface area contributed by atoms with Crippen molar-refractivity contribution in [2.75, 3.05) is 0 Å². The summed E-state index contributed by atoms with van der Waals surface area (Å²) >= 11 is 0. The Labute approximate surface area is 168 Å². The fourth-order valence-electron chi connectivity index (χ4n) is 3.47. The van der Waals surface area contributed by atoms with Crippen LogP contribution in [0.3, 0.4) is 0 Å². The zero-order valence-corrected chi connectivity index (χ0v) is 16.1. The van der Waals surface area contributed by atoms with Gasteiger partial charge in [0.05, 0.1) is 11.4 Å². The maximum Gasteiger partial charge on any atom is 0.274 e. The molecule has 0 atom stereocenters. The van der Waals surface area contributed by atoms with Crippen molar-refractivity contribution < 1.29 is 4.79 Å². The predicted octanol–water partition coefficient (Wildman–Crippen LogP) is 3.94. The van der Waals surface area contributed by atoms with E-state index in [1.54, 1.807) is 18.2 Å². The molecule has 3 aromatic carbocycles. The van der Waals surface area contributed by atoms with Crippen molar-refractivity contribution in [3.05, 3.63) is 112 Å². The third kappa shape index (κ3) is 3.67. The molecule has 5 heteroatoms. The predicted molar refractivity (Wildman–Crippen MR) is 114 cm³/mol. The van der Waals surface area contributed by atoms with Gasteiger partial charge in [0.2, 0.25) is 0 Å². The highest BCUT2D eigenvalue weighted by molar-refractivity contribution is 6.05. The molecule has 0 radical (unpaired) electrons. The smallest absolute Gasteiger partial charge is 0.274 e. The second kappa shape index (κ2) is 8.10. The molecule has 0 bridgehead atoms. The maximum absolute atomic E-state index is 13.3. The lowest BCUT2D eigenvalue weighted by Crippen LogP contribution is -2.33. The number of hydrogen-bond donors (Lipinski definition) is 1. The van der Waals surface area contributed by atoms with Crippen LogP contribution in [0.4, 0.5) is 0 Å². The zero-order chi connectivity index (χ0) is 20.2. The highest BCUT2D eigenvalue weighted by atomic mass is 16.2. The van der Waals surface area contributed by atoms with E-state index in [4.69, 9.17) is 0 Å². The molecule has 1 heterocycles.